The zero-order valence-corrected chi connectivity index (χ0v) is 13.8. The van der Waals surface area contributed by atoms with Crippen molar-refractivity contribution in [1.82, 2.24) is 0 Å². The fourth-order valence-electron chi connectivity index (χ4n) is 2.51. The predicted molar refractivity (Wildman–Crippen MR) is 92.9 cm³/mol. The van der Waals surface area contributed by atoms with Crippen molar-refractivity contribution >= 4 is 17.2 Å². The average Bonchev–Trinajstić information content (AvgIpc) is 2.97. The highest BCUT2D eigenvalue weighted by Gasteiger charge is 2.15. The molecular formula is C19H20O3S. The van der Waals surface area contributed by atoms with Crippen molar-refractivity contribution in [3.05, 3.63) is 77.0 Å². The van der Waals surface area contributed by atoms with E-state index in [-0.39, 0.29) is 0 Å². The third kappa shape index (κ3) is 4.78. The number of hydrogen-bond acceptors (Lipinski definition) is 3. The number of ether oxygens (including phenoxy) is 1. The molecular weight excluding hydrogens is 308 g/mol. The molecule has 2 aromatic carbocycles. The lowest BCUT2D eigenvalue weighted by Crippen LogP contribution is -2.06. The molecule has 0 heterocycles. The Morgan fingerprint density at radius 1 is 1.00 bits per heavy atom. The number of hydrogen-bond donors (Lipinski definition) is 0. The molecule has 23 heavy (non-hydrogen) atoms. The molecule has 0 fully saturated rings. The third-order valence-electron chi connectivity index (χ3n) is 3.65. The summed E-state index contributed by atoms with van der Waals surface area (Å²) in [6, 6.07) is 18.2. The van der Waals surface area contributed by atoms with E-state index < -0.39 is 11.1 Å². The molecule has 1 aliphatic carbocycles. The lowest BCUT2D eigenvalue weighted by Gasteiger charge is -2.06. The van der Waals surface area contributed by atoms with Crippen LogP contribution in [-0.2, 0) is 33.0 Å². The normalized spacial score (nSPS) is 14.2. The molecule has 120 valence electrons. The van der Waals surface area contributed by atoms with Crippen molar-refractivity contribution in [2.45, 2.75) is 19.4 Å². The first-order valence-electron chi connectivity index (χ1n) is 7.78. The van der Waals surface area contributed by atoms with Crippen LogP contribution in [-0.4, -0.2) is 16.6 Å². The van der Waals surface area contributed by atoms with Crippen molar-refractivity contribution in [3.63, 3.8) is 0 Å². The van der Waals surface area contributed by atoms with Gasteiger partial charge in [-0.1, -0.05) is 54.6 Å². The molecule has 0 spiro atoms. The van der Waals surface area contributed by atoms with Crippen LogP contribution in [0.15, 0.2) is 60.4 Å². The van der Waals surface area contributed by atoms with Crippen LogP contribution in [0.1, 0.15) is 23.1 Å². The highest BCUT2D eigenvalue weighted by atomic mass is 32.2. The Bertz CT molecular complexity index is 695. The van der Waals surface area contributed by atoms with Crippen molar-refractivity contribution in [1.29, 1.82) is 0 Å². The van der Waals surface area contributed by atoms with Crippen LogP contribution < -0.4 is 0 Å². The molecule has 1 unspecified atom stereocenters. The molecule has 0 saturated carbocycles. The molecule has 3 nitrogen and oxygen atoms in total. The molecule has 0 aromatic heterocycles. The quantitative estimate of drug-likeness (QED) is 0.690. The number of benzene rings is 2. The van der Waals surface area contributed by atoms with Gasteiger partial charge in [0.2, 0.25) is 11.1 Å². The summed E-state index contributed by atoms with van der Waals surface area (Å²) in [6.45, 7) is 1.18. The van der Waals surface area contributed by atoms with Crippen LogP contribution in [0.25, 0.3) is 6.08 Å². The topological polar surface area (TPSA) is 35.5 Å². The summed E-state index contributed by atoms with van der Waals surface area (Å²) in [5.74, 6) is 1.28. The summed E-state index contributed by atoms with van der Waals surface area (Å²) in [4.78, 5) is 0. The minimum absolute atomic E-state index is 0.489. The summed E-state index contributed by atoms with van der Waals surface area (Å²) in [5.41, 5.74) is 3.54. The predicted octanol–water partition coefficient (Wildman–Crippen LogP) is 3.87. The fourth-order valence-corrected chi connectivity index (χ4v) is 3.29. The second-order valence-corrected chi connectivity index (χ2v) is 6.65. The first kappa shape index (κ1) is 16.0. The summed E-state index contributed by atoms with van der Waals surface area (Å²) < 4.78 is 23.1. The van der Waals surface area contributed by atoms with Crippen LogP contribution in [0.2, 0.25) is 0 Å². The smallest absolute Gasteiger partial charge is 0.206 e. The van der Waals surface area contributed by atoms with E-state index in [1.54, 1.807) is 0 Å². The Morgan fingerprint density at radius 2 is 1.78 bits per heavy atom. The second-order valence-electron chi connectivity index (χ2n) is 5.47. The summed E-state index contributed by atoms with van der Waals surface area (Å²) in [6.07, 6.45) is 3.42. The Labute approximate surface area is 139 Å². The SMILES string of the molecule is O=S(CCCOCc1ccccc1)OC1=Cc2ccccc2C1. The van der Waals surface area contributed by atoms with Gasteiger partial charge in [0.1, 0.15) is 5.76 Å². The highest BCUT2D eigenvalue weighted by molar-refractivity contribution is 7.80. The van der Waals surface area contributed by atoms with Gasteiger partial charge >= 0.3 is 0 Å². The maximum absolute atomic E-state index is 12.0. The van der Waals surface area contributed by atoms with E-state index in [0.29, 0.717) is 19.0 Å². The molecule has 0 N–H and O–H groups in total. The molecule has 4 heteroatoms. The molecule has 0 bridgehead atoms. The number of allylic oxidation sites excluding steroid dienone is 1. The van der Waals surface area contributed by atoms with Crippen molar-refractivity contribution in [3.8, 4) is 0 Å². The van der Waals surface area contributed by atoms with Crippen LogP contribution >= 0.6 is 0 Å². The molecule has 0 saturated heterocycles. The maximum Gasteiger partial charge on any atom is 0.206 e. The van der Waals surface area contributed by atoms with Crippen LogP contribution in [0, 0.1) is 0 Å². The average molecular weight is 328 g/mol. The molecule has 3 rings (SSSR count). The Morgan fingerprint density at radius 3 is 2.61 bits per heavy atom. The van der Waals surface area contributed by atoms with Crippen molar-refractivity contribution < 1.29 is 13.1 Å². The van der Waals surface area contributed by atoms with E-state index in [0.717, 1.165) is 29.7 Å². The molecule has 0 radical (unpaired) electrons. The van der Waals surface area contributed by atoms with Gasteiger partial charge in [0.15, 0.2) is 0 Å². The zero-order chi connectivity index (χ0) is 15.9. The highest BCUT2D eigenvalue weighted by Crippen LogP contribution is 2.25. The lowest BCUT2D eigenvalue weighted by atomic mass is 10.1. The van der Waals surface area contributed by atoms with E-state index in [9.17, 15) is 4.21 Å². The Kier molecular flexibility index (Phi) is 5.61. The molecule has 0 aliphatic heterocycles. The lowest BCUT2D eigenvalue weighted by molar-refractivity contribution is 0.122. The Balaban J connectivity index is 1.33. The summed E-state index contributed by atoms with van der Waals surface area (Å²) in [5, 5.41) is 0. The number of rotatable bonds is 8. The first-order chi connectivity index (χ1) is 11.3. The van der Waals surface area contributed by atoms with E-state index in [1.165, 1.54) is 5.56 Å². The second kappa shape index (κ2) is 8.09. The van der Waals surface area contributed by atoms with Gasteiger partial charge in [-0.3, -0.25) is 0 Å². The van der Waals surface area contributed by atoms with Gasteiger partial charge in [-0.2, -0.15) is 0 Å². The van der Waals surface area contributed by atoms with Gasteiger partial charge in [0, 0.05) is 13.0 Å². The van der Waals surface area contributed by atoms with Gasteiger partial charge in [-0.25, -0.2) is 4.21 Å². The standard InChI is InChI=1S/C19H20O3S/c20-23(12-6-11-21-15-16-7-2-1-3-8-16)22-19-13-17-9-4-5-10-18(17)14-19/h1-5,7-10,13H,6,11-12,14-15H2. The third-order valence-corrected chi connectivity index (χ3v) is 4.67. The molecule has 1 atom stereocenters. The van der Waals surface area contributed by atoms with Crippen molar-refractivity contribution in [2.24, 2.45) is 0 Å². The molecule has 0 amide bonds. The molecule has 2 aromatic rings. The van der Waals surface area contributed by atoms with Crippen LogP contribution in [0.4, 0.5) is 0 Å². The van der Waals surface area contributed by atoms with Gasteiger partial charge in [0.05, 0.1) is 12.4 Å². The minimum Gasteiger partial charge on any atom is -0.405 e. The maximum atomic E-state index is 12.0. The Hall–Kier alpha value is -1.91. The van der Waals surface area contributed by atoms with E-state index in [4.69, 9.17) is 8.92 Å². The molecule has 1 aliphatic rings. The van der Waals surface area contributed by atoms with Gasteiger partial charge in [-0.05, 0) is 29.2 Å². The summed E-state index contributed by atoms with van der Waals surface area (Å²) >= 11 is -1.29. The number of fused-ring (bicyclic) bond motifs is 1. The largest absolute Gasteiger partial charge is 0.405 e. The minimum atomic E-state index is -1.29. The fraction of sp³-hybridized carbons (Fsp3) is 0.263. The first-order valence-corrected chi connectivity index (χ1v) is 9.02. The zero-order valence-electron chi connectivity index (χ0n) is 12.9. The van der Waals surface area contributed by atoms with Crippen LogP contribution in [0.3, 0.4) is 0 Å². The monoisotopic (exact) mass is 328 g/mol. The van der Waals surface area contributed by atoms with Gasteiger partial charge in [-0.15, -0.1) is 0 Å². The van der Waals surface area contributed by atoms with Crippen molar-refractivity contribution in [2.75, 3.05) is 12.4 Å². The summed E-state index contributed by atoms with van der Waals surface area (Å²) in [7, 11) is 0. The van der Waals surface area contributed by atoms with Gasteiger partial charge in [0.25, 0.3) is 0 Å². The van der Waals surface area contributed by atoms with Gasteiger partial charge < -0.3 is 8.92 Å². The van der Waals surface area contributed by atoms with Crippen LogP contribution in [0.5, 0.6) is 0 Å². The van der Waals surface area contributed by atoms with E-state index >= 15 is 0 Å². The van der Waals surface area contributed by atoms with E-state index in [2.05, 4.69) is 6.07 Å². The van der Waals surface area contributed by atoms with E-state index in [1.807, 2.05) is 54.6 Å².